The minimum Gasteiger partial charge on any atom is -0.480 e. The van der Waals surface area contributed by atoms with Crippen LogP contribution in [0.25, 0.3) is 11.0 Å². The van der Waals surface area contributed by atoms with E-state index in [1.165, 1.54) is 0 Å². The summed E-state index contributed by atoms with van der Waals surface area (Å²) in [5, 5.41) is 0.651. The molecule has 1 atom stereocenters. The van der Waals surface area contributed by atoms with E-state index in [4.69, 9.17) is 16.3 Å². The smallest absolute Gasteiger partial charge is 0.237 e. The summed E-state index contributed by atoms with van der Waals surface area (Å²) >= 11 is 7.69. The van der Waals surface area contributed by atoms with E-state index in [1.807, 2.05) is 19.1 Å². The van der Waals surface area contributed by atoms with Gasteiger partial charge in [-0.2, -0.15) is 0 Å². The van der Waals surface area contributed by atoms with Crippen molar-refractivity contribution in [1.82, 2.24) is 14.7 Å². The molecule has 0 amide bonds. The molecular weight excluding hydrogens is 306 g/mol. The molecule has 1 N–H and O–H groups in total. The lowest BCUT2D eigenvalue weighted by Gasteiger charge is -2.22. The maximum Gasteiger partial charge on any atom is 0.237 e. The number of benzene rings is 1. The SMILES string of the molecule is COc1nc2ccc(Cl)cc2nc1[C@H](C)NSC(C)(C)C. The number of hydrogen-bond acceptors (Lipinski definition) is 5. The maximum absolute atomic E-state index is 6.03. The summed E-state index contributed by atoms with van der Waals surface area (Å²) in [5.41, 5.74) is 2.33. The summed E-state index contributed by atoms with van der Waals surface area (Å²) < 4.78 is 8.90. The number of halogens is 1. The van der Waals surface area contributed by atoms with Gasteiger partial charge in [0.2, 0.25) is 5.88 Å². The third-order valence-corrected chi connectivity index (χ3v) is 4.08. The Balaban J connectivity index is 2.36. The third kappa shape index (κ3) is 4.22. The fourth-order valence-electron chi connectivity index (χ4n) is 1.78. The van der Waals surface area contributed by atoms with E-state index < -0.39 is 0 Å². The lowest BCUT2D eigenvalue weighted by molar-refractivity contribution is 0.387. The van der Waals surface area contributed by atoms with E-state index in [0.29, 0.717) is 10.9 Å². The first-order valence-electron chi connectivity index (χ1n) is 6.75. The number of ether oxygens (including phenoxy) is 1. The highest BCUT2D eigenvalue weighted by Crippen LogP contribution is 2.29. The molecule has 0 fully saturated rings. The first kappa shape index (κ1) is 16.3. The Morgan fingerprint density at radius 1 is 1.24 bits per heavy atom. The van der Waals surface area contributed by atoms with Gasteiger partial charge in [-0.25, -0.2) is 9.97 Å². The monoisotopic (exact) mass is 325 g/mol. The molecule has 21 heavy (non-hydrogen) atoms. The zero-order chi connectivity index (χ0) is 15.6. The second-order valence-electron chi connectivity index (χ2n) is 5.81. The van der Waals surface area contributed by atoms with Crippen molar-refractivity contribution in [3.05, 3.63) is 28.9 Å². The van der Waals surface area contributed by atoms with Crippen molar-refractivity contribution in [3.8, 4) is 5.88 Å². The van der Waals surface area contributed by atoms with Crippen molar-refractivity contribution < 1.29 is 4.74 Å². The average molecular weight is 326 g/mol. The number of aromatic nitrogens is 2. The molecule has 0 saturated carbocycles. The molecule has 0 unspecified atom stereocenters. The molecule has 0 aliphatic rings. The Labute approximate surface area is 134 Å². The van der Waals surface area contributed by atoms with E-state index in [-0.39, 0.29) is 10.8 Å². The van der Waals surface area contributed by atoms with Gasteiger partial charge in [0.15, 0.2) is 0 Å². The largest absolute Gasteiger partial charge is 0.480 e. The number of fused-ring (bicyclic) bond motifs is 1. The molecule has 0 radical (unpaired) electrons. The van der Waals surface area contributed by atoms with Gasteiger partial charge in [-0.05, 0) is 45.9 Å². The Bertz CT molecular complexity index is 643. The second-order valence-corrected chi connectivity index (χ2v) is 7.91. The molecule has 0 spiro atoms. The predicted molar refractivity (Wildman–Crippen MR) is 90.0 cm³/mol. The van der Waals surface area contributed by atoms with Crippen LogP contribution in [0.2, 0.25) is 5.02 Å². The van der Waals surface area contributed by atoms with E-state index in [9.17, 15) is 0 Å². The van der Waals surface area contributed by atoms with E-state index in [2.05, 4.69) is 35.5 Å². The molecule has 0 bridgehead atoms. The van der Waals surface area contributed by atoms with Gasteiger partial charge in [-0.15, -0.1) is 0 Å². The van der Waals surface area contributed by atoms with Crippen LogP contribution in [0.1, 0.15) is 39.4 Å². The van der Waals surface area contributed by atoms with Gasteiger partial charge >= 0.3 is 0 Å². The van der Waals surface area contributed by atoms with Gasteiger partial charge < -0.3 is 4.74 Å². The van der Waals surface area contributed by atoms with Crippen LogP contribution in [0.4, 0.5) is 0 Å². The average Bonchev–Trinajstić information content (AvgIpc) is 2.42. The Kier molecular flexibility index (Phi) is 4.96. The zero-order valence-electron chi connectivity index (χ0n) is 12.9. The molecule has 2 rings (SSSR count). The van der Waals surface area contributed by atoms with Crippen molar-refractivity contribution in [2.75, 3.05) is 7.11 Å². The predicted octanol–water partition coefficient (Wildman–Crippen LogP) is 4.39. The van der Waals surface area contributed by atoms with Crippen LogP contribution < -0.4 is 9.46 Å². The number of hydrogen-bond donors (Lipinski definition) is 1. The second kappa shape index (κ2) is 6.38. The fourth-order valence-corrected chi connectivity index (χ4v) is 2.59. The normalized spacial score (nSPS) is 13.4. The first-order chi connectivity index (χ1) is 9.80. The molecule has 0 aliphatic heterocycles. The topological polar surface area (TPSA) is 47.0 Å². The molecule has 2 aromatic rings. The molecular formula is C15H20ClN3OS. The van der Waals surface area contributed by atoms with E-state index in [1.54, 1.807) is 25.1 Å². The van der Waals surface area contributed by atoms with Crippen LogP contribution in [0.15, 0.2) is 18.2 Å². The van der Waals surface area contributed by atoms with Crippen molar-refractivity contribution in [2.24, 2.45) is 0 Å². The van der Waals surface area contributed by atoms with Gasteiger partial charge in [-0.1, -0.05) is 23.5 Å². The number of nitrogens with one attached hydrogen (secondary N) is 1. The summed E-state index contributed by atoms with van der Waals surface area (Å²) in [5.74, 6) is 0.541. The van der Waals surface area contributed by atoms with Crippen LogP contribution in [0.5, 0.6) is 5.88 Å². The van der Waals surface area contributed by atoms with E-state index in [0.717, 1.165) is 16.7 Å². The lowest BCUT2D eigenvalue weighted by atomic mass is 10.2. The maximum atomic E-state index is 6.03. The van der Waals surface area contributed by atoms with Gasteiger partial charge in [0.25, 0.3) is 0 Å². The van der Waals surface area contributed by atoms with Gasteiger partial charge in [0.05, 0.1) is 24.2 Å². The summed E-state index contributed by atoms with van der Waals surface area (Å²) in [7, 11) is 1.61. The number of nitrogens with zero attached hydrogens (tertiary/aromatic N) is 2. The highest BCUT2D eigenvalue weighted by molar-refractivity contribution is 7.98. The van der Waals surface area contributed by atoms with Crippen LogP contribution in [-0.4, -0.2) is 21.8 Å². The molecule has 4 nitrogen and oxygen atoms in total. The van der Waals surface area contributed by atoms with Crippen LogP contribution in [0.3, 0.4) is 0 Å². The molecule has 1 aromatic carbocycles. The third-order valence-electron chi connectivity index (χ3n) is 2.76. The zero-order valence-corrected chi connectivity index (χ0v) is 14.5. The minimum absolute atomic E-state index is 0.0139. The van der Waals surface area contributed by atoms with Gasteiger partial charge in [0, 0.05) is 9.77 Å². The number of rotatable bonds is 4. The van der Waals surface area contributed by atoms with Crippen molar-refractivity contribution in [3.63, 3.8) is 0 Å². The lowest BCUT2D eigenvalue weighted by Crippen LogP contribution is -2.21. The standard InChI is InChI=1S/C15H20ClN3OS/c1-9(19-21-15(2,3)4)13-14(20-5)18-11-7-6-10(16)8-12(11)17-13/h6-9,19H,1-5H3/t9-/m0/s1. The summed E-state index contributed by atoms with van der Waals surface area (Å²) in [6, 6.07) is 5.48. The highest BCUT2D eigenvalue weighted by Gasteiger charge is 2.19. The van der Waals surface area contributed by atoms with Crippen molar-refractivity contribution in [1.29, 1.82) is 0 Å². The van der Waals surface area contributed by atoms with Crippen LogP contribution in [0, 0.1) is 0 Å². The molecule has 1 heterocycles. The quantitative estimate of drug-likeness (QED) is 0.845. The number of methoxy groups -OCH3 is 1. The van der Waals surface area contributed by atoms with E-state index >= 15 is 0 Å². The van der Waals surface area contributed by atoms with Crippen molar-refractivity contribution >= 4 is 34.6 Å². The first-order valence-corrected chi connectivity index (χ1v) is 7.94. The molecule has 6 heteroatoms. The van der Waals surface area contributed by atoms with Gasteiger partial charge in [-0.3, -0.25) is 4.72 Å². The molecule has 114 valence electrons. The molecule has 0 aliphatic carbocycles. The van der Waals surface area contributed by atoms with Crippen LogP contribution >= 0.6 is 23.5 Å². The minimum atomic E-state index is 0.0139. The Morgan fingerprint density at radius 3 is 2.57 bits per heavy atom. The van der Waals surface area contributed by atoms with Gasteiger partial charge in [0.1, 0.15) is 5.69 Å². The highest BCUT2D eigenvalue weighted by atomic mass is 35.5. The fraction of sp³-hybridized carbons (Fsp3) is 0.467. The molecule has 1 aromatic heterocycles. The van der Waals surface area contributed by atoms with Crippen LogP contribution in [-0.2, 0) is 0 Å². The summed E-state index contributed by atoms with van der Waals surface area (Å²) in [4.78, 5) is 9.17. The summed E-state index contributed by atoms with van der Waals surface area (Å²) in [6.45, 7) is 8.50. The Hall–Kier alpha value is -1.04. The Morgan fingerprint density at radius 2 is 1.95 bits per heavy atom. The molecule has 0 saturated heterocycles. The van der Waals surface area contributed by atoms with Crippen molar-refractivity contribution in [2.45, 2.75) is 38.5 Å². The summed E-state index contributed by atoms with van der Waals surface area (Å²) in [6.07, 6.45) is 0.